The maximum atomic E-state index is 6.07. The van der Waals surface area contributed by atoms with Gasteiger partial charge < -0.3 is 14.4 Å². The second-order valence-corrected chi connectivity index (χ2v) is 4.90. The fourth-order valence-electron chi connectivity index (χ4n) is 2.26. The fraction of sp³-hybridized carbons (Fsp3) is 0.769. The molecule has 0 aliphatic carbocycles. The standard InChI is InChI=1S/C13H24ClN3O2/c1-10(9-19-5)17(6-7-18-4)13-12(8-14)11(2)15-16(13)3/h10H,6-9H2,1-5H3. The Hall–Kier alpha value is -0.780. The smallest absolute Gasteiger partial charge is 0.131 e. The third-order valence-corrected chi connectivity index (χ3v) is 3.46. The van der Waals surface area contributed by atoms with Crippen LogP contribution in [0.1, 0.15) is 18.2 Å². The van der Waals surface area contributed by atoms with E-state index >= 15 is 0 Å². The molecule has 0 spiro atoms. The van der Waals surface area contributed by atoms with Gasteiger partial charge >= 0.3 is 0 Å². The van der Waals surface area contributed by atoms with E-state index in [0.29, 0.717) is 19.1 Å². The first-order chi connectivity index (χ1) is 9.06. The zero-order valence-electron chi connectivity index (χ0n) is 12.4. The van der Waals surface area contributed by atoms with Crippen molar-refractivity contribution in [1.29, 1.82) is 0 Å². The minimum atomic E-state index is 0.233. The summed E-state index contributed by atoms with van der Waals surface area (Å²) in [4.78, 5) is 2.24. The molecular weight excluding hydrogens is 266 g/mol. The number of methoxy groups -OCH3 is 2. The van der Waals surface area contributed by atoms with Gasteiger partial charge in [0.2, 0.25) is 0 Å². The molecule has 6 heteroatoms. The van der Waals surface area contributed by atoms with E-state index in [1.54, 1.807) is 14.2 Å². The summed E-state index contributed by atoms with van der Waals surface area (Å²) in [6, 6.07) is 0.233. The van der Waals surface area contributed by atoms with Crippen molar-refractivity contribution in [1.82, 2.24) is 9.78 Å². The number of anilines is 1. The highest BCUT2D eigenvalue weighted by Crippen LogP contribution is 2.26. The van der Waals surface area contributed by atoms with Crippen LogP contribution in [-0.2, 0) is 22.4 Å². The second-order valence-electron chi connectivity index (χ2n) is 4.64. The van der Waals surface area contributed by atoms with Crippen LogP contribution in [0.3, 0.4) is 0 Å². The number of halogens is 1. The first-order valence-corrected chi connectivity index (χ1v) is 6.93. The fourth-order valence-corrected chi connectivity index (χ4v) is 2.57. The Labute approximate surface area is 120 Å². The lowest BCUT2D eigenvalue weighted by molar-refractivity contribution is 0.170. The van der Waals surface area contributed by atoms with E-state index in [-0.39, 0.29) is 6.04 Å². The van der Waals surface area contributed by atoms with Crippen LogP contribution >= 0.6 is 11.6 Å². The summed E-state index contributed by atoms with van der Waals surface area (Å²) in [5, 5.41) is 4.46. The molecule has 0 aromatic carbocycles. The summed E-state index contributed by atoms with van der Waals surface area (Å²) in [6.45, 7) is 6.19. The van der Waals surface area contributed by atoms with Gasteiger partial charge in [0.1, 0.15) is 5.82 Å². The van der Waals surface area contributed by atoms with Crippen LogP contribution in [-0.4, -0.2) is 49.8 Å². The Balaban J connectivity index is 3.08. The van der Waals surface area contributed by atoms with Gasteiger partial charge in [-0.15, -0.1) is 11.6 Å². The molecule has 0 aliphatic heterocycles. The van der Waals surface area contributed by atoms with Gasteiger partial charge in [-0.3, -0.25) is 4.68 Å². The van der Waals surface area contributed by atoms with Crippen LogP contribution < -0.4 is 4.90 Å². The number of nitrogens with zero attached hydrogens (tertiary/aromatic N) is 3. The summed E-state index contributed by atoms with van der Waals surface area (Å²) >= 11 is 6.07. The van der Waals surface area contributed by atoms with Gasteiger partial charge in [0.25, 0.3) is 0 Å². The van der Waals surface area contributed by atoms with E-state index in [4.69, 9.17) is 21.1 Å². The SMILES string of the molecule is COCCN(c1c(CCl)c(C)nn1C)C(C)COC. The van der Waals surface area contributed by atoms with E-state index in [1.165, 1.54) is 0 Å². The number of ether oxygens (including phenoxy) is 2. The molecule has 5 nitrogen and oxygen atoms in total. The van der Waals surface area contributed by atoms with Gasteiger partial charge in [0.15, 0.2) is 0 Å². The van der Waals surface area contributed by atoms with Gasteiger partial charge in [-0.05, 0) is 13.8 Å². The minimum Gasteiger partial charge on any atom is -0.383 e. The molecule has 0 N–H and O–H groups in total. The van der Waals surface area contributed by atoms with Crippen LogP contribution in [0.25, 0.3) is 0 Å². The summed E-state index contributed by atoms with van der Waals surface area (Å²) < 4.78 is 12.3. The average molecular weight is 290 g/mol. The molecule has 1 unspecified atom stereocenters. The maximum Gasteiger partial charge on any atom is 0.131 e. The Morgan fingerprint density at radius 3 is 2.58 bits per heavy atom. The van der Waals surface area contributed by atoms with Crippen molar-refractivity contribution in [2.24, 2.45) is 7.05 Å². The molecule has 1 aromatic heterocycles. The molecule has 0 aliphatic rings. The Kier molecular flexibility index (Phi) is 6.62. The molecule has 0 bridgehead atoms. The Morgan fingerprint density at radius 1 is 1.37 bits per heavy atom. The van der Waals surface area contributed by atoms with Crippen molar-refractivity contribution in [3.05, 3.63) is 11.3 Å². The van der Waals surface area contributed by atoms with Crippen LogP contribution in [0.5, 0.6) is 0 Å². The Morgan fingerprint density at radius 2 is 2.05 bits per heavy atom. The van der Waals surface area contributed by atoms with Gasteiger partial charge in [0, 0.05) is 33.4 Å². The average Bonchev–Trinajstić information content (AvgIpc) is 2.65. The quantitative estimate of drug-likeness (QED) is 0.686. The highest BCUT2D eigenvalue weighted by molar-refractivity contribution is 6.17. The lowest BCUT2D eigenvalue weighted by Gasteiger charge is -2.31. The summed E-state index contributed by atoms with van der Waals surface area (Å²) in [7, 11) is 5.36. The van der Waals surface area contributed by atoms with Crippen molar-refractivity contribution in [2.75, 3.05) is 38.9 Å². The van der Waals surface area contributed by atoms with Crippen LogP contribution in [0, 0.1) is 6.92 Å². The molecule has 0 radical (unpaired) electrons. The van der Waals surface area contributed by atoms with Gasteiger partial charge in [-0.25, -0.2) is 0 Å². The van der Waals surface area contributed by atoms with Crippen molar-refractivity contribution >= 4 is 17.4 Å². The predicted octanol–water partition coefficient (Wildman–Crippen LogP) is 1.96. The van der Waals surface area contributed by atoms with Crippen LogP contribution in [0.4, 0.5) is 5.82 Å². The number of aryl methyl sites for hydroxylation is 2. The Bertz CT molecular complexity index is 395. The molecule has 1 aromatic rings. The summed E-state index contributed by atoms with van der Waals surface area (Å²) in [5.41, 5.74) is 2.04. The molecule has 1 rings (SSSR count). The van der Waals surface area contributed by atoms with Gasteiger partial charge in [-0.1, -0.05) is 0 Å². The minimum absolute atomic E-state index is 0.233. The largest absolute Gasteiger partial charge is 0.383 e. The topological polar surface area (TPSA) is 39.5 Å². The van der Waals surface area contributed by atoms with Crippen molar-refractivity contribution in [3.63, 3.8) is 0 Å². The number of hydrogen-bond donors (Lipinski definition) is 0. The lowest BCUT2D eigenvalue weighted by atomic mass is 10.2. The lowest BCUT2D eigenvalue weighted by Crippen LogP contribution is -2.40. The molecular formula is C13H24ClN3O2. The third kappa shape index (κ3) is 3.84. The zero-order chi connectivity index (χ0) is 14.4. The van der Waals surface area contributed by atoms with E-state index in [0.717, 1.165) is 23.6 Å². The third-order valence-electron chi connectivity index (χ3n) is 3.20. The normalized spacial score (nSPS) is 12.7. The van der Waals surface area contributed by atoms with Gasteiger partial charge in [-0.2, -0.15) is 5.10 Å². The number of hydrogen-bond acceptors (Lipinski definition) is 4. The van der Waals surface area contributed by atoms with E-state index in [1.807, 2.05) is 18.7 Å². The molecule has 110 valence electrons. The van der Waals surface area contributed by atoms with Gasteiger partial charge in [0.05, 0.1) is 30.8 Å². The first kappa shape index (κ1) is 16.3. The molecule has 19 heavy (non-hydrogen) atoms. The maximum absolute atomic E-state index is 6.07. The highest BCUT2D eigenvalue weighted by Gasteiger charge is 2.22. The molecule has 0 amide bonds. The molecule has 0 fully saturated rings. The van der Waals surface area contributed by atoms with Crippen LogP contribution in [0.15, 0.2) is 0 Å². The molecule has 0 saturated carbocycles. The van der Waals surface area contributed by atoms with E-state index in [2.05, 4.69) is 16.9 Å². The molecule has 0 saturated heterocycles. The summed E-state index contributed by atoms with van der Waals surface area (Å²) in [5.74, 6) is 1.51. The van der Waals surface area contributed by atoms with Crippen molar-refractivity contribution < 1.29 is 9.47 Å². The van der Waals surface area contributed by atoms with E-state index < -0.39 is 0 Å². The summed E-state index contributed by atoms with van der Waals surface area (Å²) in [6.07, 6.45) is 0. The molecule has 1 heterocycles. The van der Waals surface area contributed by atoms with Crippen molar-refractivity contribution in [3.8, 4) is 0 Å². The zero-order valence-corrected chi connectivity index (χ0v) is 13.2. The molecule has 1 atom stereocenters. The number of aromatic nitrogens is 2. The number of rotatable bonds is 8. The predicted molar refractivity (Wildman–Crippen MR) is 78.1 cm³/mol. The highest BCUT2D eigenvalue weighted by atomic mass is 35.5. The monoisotopic (exact) mass is 289 g/mol. The van der Waals surface area contributed by atoms with Crippen molar-refractivity contribution in [2.45, 2.75) is 25.8 Å². The van der Waals surface area contributed by atoms with E-state index in [9.17, 15) is 0 Å². The number of alkyl halides is 1. The first-order valence-electron chi connectivity index (χ1n) is 6.39. The second kappa shape index (κ2) is 7.72. The van der Waals surface area contributed by atoms with Crippen LogP contribution in [0.2, 0.25) is 0 Å².